The van der Waals surface area contributed by atoms with E-state index in [2.05, 4.69) is 14.9 Å². The summed E-state index contributed by atoms with van der Waals surface area (Å²) in [5.41, 5.74) is 2.81. The molecule has 0 atom stereocenters. The molecule has 2 aromatic carbocycles. The van der Waals surface area contributed by atoms with Gasteiger partial charge >= 0.3 is 0 Å². The van der Waals surface area contributed by atoms with Crippen molar-refractivity contribution in [2.75, 3.05) is 11.4 Å². The van der Waals surface area contributed by atoms with E-state index in [9.17, 15) is 9.59 Å². The fraction of sp³-hybridized carbons (Fsp3) is 0.158. The maximum Gasteiger partial charge on any atom is 0.280 e. The second-order valence-corrected chi connectivity index (χ2v) is 6.34. The zero-order chi connectivity index (χ0) is 18.4. The van der Waals surface area contributed by atoms with Crippen LogP contribution in [0.5, 0.6) is 0 Å². The lowest BCUT2D eigenvalue weighted by atomic mass is 10.1. The lowest BCUT2D eigenvalue weighted by Crippen LogP contribution is -2.41. The van der Waals surface area contributed by atoms with E-state index in [0.29, 0.717) is 12.2 Å². The first-order valence-electron chi connectivity index (χ1n) is 8.10. The van der Waals surface area contributed by atoms with Gasteiger partial charge in [-0.05, 0) is 35.6 Å². The topological polar surface area (TPSA) is 75.2 Å². The number of para-hydroxylation sites is 1. The molecule has 0 aliphatic carbocycles. The Bertz CT molecular complexity index is 882. The summed E-state index contributed by atoms with van der Waals surface area (Å²) in [6.45, 7) is 2.22. The SMILES string of the molecule is Cc1ccccc1N(CC(=O)NCc1ccccc1)C(=O)c1csnn1. The molecule has 26 heavy (non-hydrogen) atoms. The van der Waals surface area contributed by atoms with Crippen LogP contribution in [0.25, 0.3) is 0 Å². The van der Waals surface area contributed by atoms with Crippen LogP contribution in [0.1, 0.15) is 21.6 Å². The highest BCUT2D eigenvalue weighted by molar-refractivity contribution is 7.03. The van der Waals surface area contributed by atoms with Gasteiger partial charge in [-0.25, -0.2) is 0 Å². The Morgan fingerprint density at radius 2 is 1.81 bits per heavy atom. The summed E-state index contributed by atoms with van der Waals surface area (Å²) in [6.07, 6.45) is 0. The van der Waals surface area contributed by atoms with Crippen LogP contribution in [-0.4, -0.2) is 27.9 Å². The Morgan fingerprint density at radius 1 is 1.08 bits per heavy atom. The van der Waals surface area contributed by atoms with Crippen molar-refractivity contribution in [3.8, 4) is 0 Å². The Labute approximate surface area is 155 Å². The van der Waals surface area contributed by atoms with Crippen LogP contribution >= 0.6 is 11.5 Å². The van der Waals surface area contributed by atoms with Crippen LogP contribution in [0, 0.1) is 6.92 Å². The van der Waals surface area contributed by atoms with Crippen LogP contribution in [0.4, 0.5) is 5.69 Å². The Balaban J connectivity index is 1.76. The number of anilines is 1. The Kier molecular flexibility index (Phi) is 5.70. The van der Waals surface area contributed by atoms with E-state index in [1.165, 1.54) is 4.90 Å². The smallest absolute Gasteiger partial charge is 0.280 e. The minimum Gasteiger partial charge on any atom is -0.350 e. The quantitative estimate of drug-likeness (QED) is 0.728. The van der Waals surface area contributed by atoms with E-state index in [4.69, 9.17) is 0 Å². The van der Waals surface area contributed by atoms with Gasteiger partial charge in [0.2, 0.25) is 5.91 Å². The summed E-state index contributed by atoms with van der Waals surface area (Å²) in [7, 11) is 0. The van der Waals surface area contributed by atoms with Gasteiger partial charge in [0, 0.05) is 17.6 Å². The molecule has 0 unspecified atom stereocenters. The number of amides is 2. The predicted octanol–water partition coefficient (Wildman–Crippen LogP) is 2.81. The van der Waals surface area contributed by atoms with Crippen molar-refractivity contribution >= 4 is 29.0 Å². The van der Waals surface area contributed by atoms with Crippen molar-refractivity contribution in [2.24, 2.45) is 0 Å². The zero-order valence-corrected chi connectivity index (χ0v) is 15.1. The molecule has 0 aliphatic rings. The number of nitrogens with one attached hydrogen (secondary N) is 1. The lowest BCUT2D eigenvalue weighted by molar-refractivity contribution is -0.119. The van der Waals surface area contributed by atoms with Crippen molar-refractivity contribution in [1.29, 1.82) is 0 Å². The molecule has 1 N–H and O–H groups in total. The molecule has 3 rings (SSSR count). The summed E-state index contributed by atoms with van der Waals surface area (Å²) in [4.78, 5) is 26.7. The highest BCUT2D eigenvalue weighted by Crippen LogP contribution is 2.21. The molecule has 2 amide bonds. The first-order chi connectivity index (χ1) is 12.6. The zero-order valence-electron chi connectivity index (χ0n) is 14.3. The number of hydrogen-bond acceptors (Lipinski definition) is 5. The van der Waals surface area contributed by atoms with E-state index in [1.54, 1.807) is 5.38 Å². The molecule has 0 radical (unpaired) electrons. The average molecular weight is 366 g/mol. The summed E-state index contributed by atoms with van der Waals surface area (Å²) < 4.78 is 3.74. The molecule has 0 bridgehead atoms. The molecule has 1 heterocycles. The second kappa shape index (κ2) is 8.35. The van der Waals surface area contributed by atoms with Crippen LogP contribution in [-0.2, 0) is 11.3 Å². The molecule has 6 nitrogen and oxygen atoms in total. The van der Waals surface area contributed by atoms with E-state index in [0.717, 1.165) is 22.7 Å². The minimum absolute atomic E-state index is 0.0892. The Morgan fingerprint density at radius 3 is 2.50 bits per heavy atom. The third-order valence-electron chi connectivity index (χ3n) is 3.86. The van der Waals surface area contributed by atoms with Gasteiger partial charge in [-0.1, -0.05) is 53.0 Å². The van der Waals surface area contributed by atoms with E-state index >= 15 is 0 Å². The van der Waals surface area contributed by atoms with Crippen molar-refractivity contribution < 1.29 is 9.59 Å². The highest BCUT2D eigenvalue weighted by atomic mass is 32.1. The fourth-order valence-electron chi connectivity index (χ4n) is 2.52. The van der Waals surface area contributed by atoms with Gasteiger partial charge in [-0.2, -0.15) is 0 Å². The van der Waals surface area contributed by atoms with Crippen molar-refractivity contribution in [2.45, 2.75) is 13.5 Å². The van der Waals surface area contributed by atoms with Gasteiger partial charge in [0.25, 0.3) is 5.91 Å². The first kappa shape index (κ1) is 17.8. The second-order valence-electron chi connectivity index (χ2n) is 5.73. The standard InChI is InChI=1S/C19H18N4O2S/c1-14-7-5-6-10-17(14)23(19(25)16-13-26-22-21-16)12-18(24)20-11-15-8-3-2-4-9-15/h2-10,13H,11-12H2,1H3,(H,20,24). The van der Waals surface area contributed by atoms with Crippen LogP contribution < -0.4 is 10.2 Å². The number of aryl methyl sites for hydroxylation is 1. The lowest BCUT2D eigenvalue weighted by Gasteiger charge is -2.23. The van der Waals surface area contributed by atoms with Gasteiger partial charge in [0.05, 0.1) is 0 Å². The van der Waals surface area contributed by atoms with Crippen molar-refractivity contribution in [3.63, 3.8) is 0 Å². The number of carbonyl (C=O) groups excluding carboxylic acids is 2. The van der Waals surface area contributed by atoms with Gasteiger partial charge < -0.3 is 5.32 Å². The van der Waals surface area contributed by atoms with Crippen molar-refractivity contribution in [1.82, 2.24) is 14.9 Å². The van der Waals surface area contributed by atoms with Gasteiger partial charge in [-0.3, -0.25) is 14.5 Å². The molecule has 132 valence electrons. The molecule has 0 fully saturated rings. The fourth-order valence-corrected chi connectivity index (χ4v) is 2.95. The van der Waals surface area contributed by atoms with Crippen LogP contribution in [0.3, 0.4) is 0 Å². The number of rotatable bonds is 6. The molecule has 7 heteroatoms. The number of carbonyl (C=O) groups is 2. The number of benzene rings is 2. The van der Waals surface area contributed by atoms with Crippen molar-refractivity contribution in [3.05, 3.63) is 76.8 Å². The van der Waals surface area contributed by atoms with Gasteiger partial charge in [0.15, 0.2) is 5.69 Å². The monoisotopic (exact) mass is 366 g/mol. The summed E-state index contributed by atoms with van der Waals surface area (Å²) in [5.74, 6) is -0.587. The number of aromatic nitrogens is 2. The molecule has 0 aliphatic heterocycles. The normalized spacial score (nSPS) is 10.3. The van der Waals surface area contributed by atoms with Gasteiger partial charge in [0.1, 0.15) is 6.54 Å². The molecule has 1 aromatic heterocycles. The first-order valence-corrected chi connectivity index (χ1v) is 8.94. The largest absolute Gasteiger partial charge is 0.350 e. The average Bonchev–Trinajstić information content (AvgIpc) is 3.20. The molecule has 0 spiro atoms. The third-order valence-corrected chi connectivity index (χ3v) is 4.37. The summed E-state index contributed by atoms with van der Waals surface area (Å²) in [5, 5.41) is 8.27. The molecule has 3 aromatic rings. The predicted molar refractivity (Wildman–Crippen MR) is 101 cm³/mol. The summed E-state index contributed by atoms with van der Waals surface area (Å²) >= 11 is 1.10. The van der Waals surface area contributed by atoms with E-state index in [-0.39, 0.29) is 24.1 Å². The number of hydrogen-bond donors (Lipinski definition) is 1. The molecule has 0 saturated heterocycles. The highest BCUT2D eigenvalue weighted by Gasteiger charge is 2.23. The Hall–Kier alpha value is -3.06. The molecular weight excluding hydrogens is 348 g/mol. The number of nitrogens with zero attached hydrogens (tertiary/aromatic N) is 3. The molecular formula is C19H18N4O2S. The third kappa shape index (κ3) is 4.31. The van der Waals surface area contributed by atoms with Gasteiger partial charge in [-0.15, -0.1) is 5.10 Å². The van der Waals surface area contributed by atoms with Crippen LogP contribution in [0.15, 0.2) is 60.0 Å². The van der Waals surface area contributed by atoms with Crippen LogP contribution in [0.2, 0.25) is 0 Å². The maximum absolute atomic E-state index is 12.8. The molecule has 0 saturated carbocycles. The van der Waals surface area contributed by atoms with E-state index in [1.807, 2.05) is 61.5 Å². The minimum atomic E-state index is -0.345. The maximum atomic E-state index is 12.8. The summed E-state index contributed by atoms with van der Waals surface area (Å²) in [6, 6.07) is 17.1. The van der Waals surface area contributed by atoms with E-state index < -0.39 is 0 Å².